The van der Waals surface area contributed by atoms with Crippen LogP contribution in [0.3, 0.4) is 0 Å². The summed E-state index contributed by atoms with van der Waals surface area (Å²) in [6.07, 6.45) is 69.9. The largest absolute Gasteiger partial charge is 1.00 e. The maximum atomic E-state index is 11.9. The van der Waals surface area contributed by atoms with E-state index in [0.29, 0.717) is 37.3 Å². The third-order valence-corrected chi connectivity index (χ3v) is 22.9. The monoisotopic (exact) mass is 1760 g/mol. The molecule has 0 radical (unpaired) electrons. The van der Waals surface area contributed by atoms with Gasteiger partial charge in [0, 0.05) is 47.4 Å². The fourth-order valence-electron chi connectivity index (χ4n) is 13.0. The number of esters is 1. The van der Waals surface area contributed by atoms with Crippen LogP contribution < -0.4 is 29.6 Å². The standard InChI is InChI=1S/C25H52O2S.C20H31BrO3.C20H32O3.C12H26S.C10H21Br.C10H12O3.Na/c1-3-5-7-9-11-13-14-16-18-20-22-28-24-25(23-26)27-21-19-17-15-12-10-8-6-4-2;1-2-3-4-5-6-7-8-12-15-23-19(16-21)17-24-20(22)18-13-10-9-11-14-18;1-2-3-4-5-6-7-8-12-15-21-19-16-22-20(23-17-19)18-13-10-9-11-14-18;1-2-3-4-5-6-7-8-9-10-11-12-13;1-2-3-4-5-6-7-8-9-10-11;11-9-6-12-10(13-7-9)8-4-2-1-3-5-8;/h25-26H,3-24H2,1-2H3;9-11,13-14,19H,2-8,12,15-17H2,1H3;9-11,13-14,19-20H,2-8,12,15-17H2,1H3;13H,2-12H2,1H3;2-10H2,1H3;1-5,9-11H,6-7H2;/q;;;;;;+1. The minimum absolute atomic E-state index is 0. The second-order valence-electron chi connectivity index (χ2n) is 31.0. The van der Waals surface area contributed by atoms with Crippen LogP contribution >= 0.6 is 43.6 Å². The van der Waals surface area contributed by atoms with Crippen LogP contribution in [0, 0.1) is 0 Å². The van der Waals surface area contributed by atoms with Crippen LogP contribution in [0.2, 0.25) is 0 Å². The smallest absolute Gasteiger partial charge is 0.793 e. The van der Waals surface area contributed by atoms with Crippen molar-refractivity contribution in [1.82, 2.24) is 0 Å². The minimum atomic E-state index is -0.486. The van der Waals surface area contributed by atoms with E-state index >= 15 is 0 Å². The van der Waals surface area contributed by atoms with E-state index in [9.17, 15) is 9.90 Å². The van der Waals surface area contributed by atoms with Crippen LogP contribution in [0.1, 0.15) is 411 Å². The molecule has 2 heterocycles. The first-order chi connectivity index (χ1) is 55.2. The van der Waals surface area contributed by atoms with Gasteiger partial charge in [-0.3, -0.25) is 0 Å². The molecule has 2 aliphatic rings. The molecule has 3 aromatic carbocycles. The third kappa shape index (κ3) is 79.7. The zero-order valence-electron chi connectivity index (χ0n) is 74.9. The fourth-order valence-corrected chi connectivity index (χ4v) is 15.0. The number of thioether (sulfide) groups is 1. The van der Waals surface area contributed by atoms with Crippen LogP contribution in [0.5, 0.6) is 0 Å². The number of carbonyl (C=O) groups excluding carboxylic acids is 1. The molecule has 0 saturated carbocycles. The number of hydrogen-bond donors (Lipinski definition) is 2. The van der Waals surface area contributed by atoms with Gasteiger partial charge in [0.2, 0.25) is 0 Å². The molecule has 2 unspecified atom stereocenters. The molecule has 654 valence electrons. The first-order valence-electron chi connectivity index (χ1n) is 46.4. The molecule has 0 aromatic heterocycles. The maximum absolute atomic E-state index is 11.9. The number of unbranched alkanes of at least 4 members (excludes halogenated alkanes) is 46. The Morgan fingerprint density at radius 2 is 0.735 bits per heavy atom. The van der Waals surface area contributed by atoms with Gasteiger partial charge in [0.05, 0.1) is 44.7 Å². The van der Waals surface area contributed by atoms with Crippen molar-refractivity contribution >= 4 is 62.2 Å². The van der Waals surface area contributed by atoms with Gasteiger partial charge in [-0.25, -0.2) is 4.79 Å². The van der Waals surface area contributed by atoms with E-state index in [-0.39, 0.29) is 81.1 Å². The minimum Gasteiger partial charge on any atom is -0.793 e. The summed E-state index contributed by atoms with van der Waals surface area (Å²) >= 11 is 13.7. The van der Waals surface area contributed by atoms with Crippen LogP contribution in [-0.2, 0) is 50.5 Å². The molecule has 0 amide bonds. The first kappa shape index (κ1) is 114. The Morgan fingerprint density at radius 3 is 1.08 bits per heavy atom. The van der Waals surface area contributed by atoms with E-state index < -0.39 is 6.10 Å². The Balaban J connectivity index is -0.00000133. The number of rotatable bonds is 68. The Bertz CT molecular complexity index is 2230. The van der Waals surface area contributed by atoms with Gasteiger partial charge in [0.25, 0.3) is 0 Å². The Kier molecular flexibility index (Phi) is 96.5. The van der Waals surface area contributed by atoms with E-state index in [0.717, 1.165) is 61.7 Å². The van der Waals surface area contributed by atoms with Crippen LogP contribution in [0.25, 0.3) is 0 Å². The molecule has 0 aliphatic carbocycles. The molecule has 11 nitrogen and oxygen atoms in total. The van der Waals surface area contributed by atoms with Gasteiger partial charge in [0.15, 0.2) is 12.6 Å². The quantitative estimate of drug-likeness (QED) is 0.0183. The van der Waals surface area contributed by atoms with Crippen molar-refractivity contribution in [3.8, 4) is 0 Å². The van der Waals surface area contributed by atoms with Gasteiger partial charge in [-0.15, -0.1) is 0 Å². The summed E-state index contributed by atoms with van der Waals surface area (Å²) in [6.45, 7) is 18.4. The number of carbonyl (C=O) groups is 1. The van der Waals surface area contributed by atoms with E-state index in [2.05, 4.69) is 73.4 Å². The summed E-state index contributed by atoms with van der Waals surface area (Å²) in [5.41, 5.74) is 2.65. The summed E-state index contributed by atoms with van der Waals surface area (Å²) < 4.78 is 45.0. The van der Waals surface area contributed by atoms with E-state index in [1.807, 2.05) is 90.6 Å². The molecule has 2 N–H and O–H groups in total. The zero-order valence-corrected chi connectivity index (χ0v) is 80.7. The van der Waals surface area contributed by atoms with Gasteiger partial charge in [-0.2, -0.15) is 17.5 Å². The molecule has 2 aliphatic heterocycles. The first-order valence-corrected chi connectivity index (χ1v) is 50.4. The number of benzene rings is 3. The summed E-state index contributed by atoms with van der Waals surface area (Å²) in [6, 6.07) is 28.9. The molecule has 2 atom stereocenters. The zero-order chi connectivity index (χ0) is 81.4. The predicted octanol–water partition coefficient (Wildman–Crippen LogP) is 26.4. The van der Waals surface area contributed by atoms with Crippen LogP contribution in [0.15, 0.2) is 91.0 Å². The number of alkyl halides is 2. The molecule has 16 heteroatoms. The van der Waals surface area contributed by atoms with E-state index in [1.165, 1.54) is 326 Å². The topological polar surface area (TPSA) is 131 Å². The summed E-state index contributed by atoms with van der Waals surface area (Å²) in [5, 5.41) is 20.5. The second-order valence-corrected chi connectivity index (χ2v) is 34.0. The summed E-state index contributed by atoms with van der Waals surface area (Å²) in [5.74, 6) is 2.83. The van der Waals surface area contributed by atoms with Crippen molar-refractivity contribution in [3.63, 3.8) is 0 Å². The van der Waals surface area contributed by atoms with Crippen molar-refractivity contribution in [2.75, 3.05) is 87.4 Å². The molecule has 5 rings (SSSR count). The number of aliphatic hydroxyl groups is 2. The molecule has 0 spiro atoms. The molecule has 0 bridgehead atoms. The van der Waals surface area contributed by atoms with Crippen molar-refractivity contribution < 1.29 is 83.9 Å². The number of halogens is 2. The third-order valence-electron chi connectivity index (χ3n) is 20.2. The molecule has 3 aromatic rings. The molecule has 2 saturated heterocycles. The second kappa shape index (κ2) is 95.3. The average molecular weight is 1760 g/mol. The maximum Gasteiger partial charge on any atom is 1.00 e. The summed E-state index contributed by atoms with van der Waals surface area (Å²) in [7, 11) is 0. The van der Waals surface area contributed by atoms with E-state index in [1.54, 1.807) is 12.1 Å². The Hall–Kier alpha value is -0.570. The Labute approximate surface area is 747 Å². The summed E-state index contributed by atoms with van der Waals surface area (Å²) in [4.78, 5) is 11.9. The van der Waals surface area contributed by atoms with Crippen molar-refractivity contribution in [3.05, 3.63) is 108 Å². The number of hydrogen-bond acceptors (Lipinski definition) is 13. The van der Waals surface area contributed by atoms with Crippen LogP contribution in [0.4, 0.5) is 0 Å². The molecule has 113 heavy (non-hydrogen) atoms. The molecule has 2 fully saturated rings. The average Bonchev–Trinajstić information content (AvgIpc) is 0.889. The molecular weight excluding hydrogens is 1590 g/mol. The predicted molar refractivity (Wildman–Crippen MR) is 494 cm³/mol. The van der Waals surface area contributed by atoms with Gasteiger partial charge in [-0.05, 0) is 50.0 Å². The van der Waals surface area contributed by atoms with E-state index in [4.69, 9.17) is 55.6 Å². The van der Waals surface area contributed by atoms with Gasteiger partial charge in [0.1, 0.15) is 24.9 Å². The van der Waals surface area contributed by atoms with Gasteiger partial charge in [-0.1, -0.05) is 454 Å². The Morgan fingerprint density at radius 1 is 0.425 bits per heavy atom. The molecular formula is C97H174Br2NaO11S2+. The SMILES string of the molecule is CCCCCCCCCCBr.CCCCCCCCCCCCSCC(CO)OCCCCCCCCCC.CCCCCCCCCCCC[S-].CCCCCCCCCCOC(CBr)COC(=O)c1ccccc1.CCCCCCCCCCOC1COC(c2ccccc2)OC1.OC1COC(c2ccccc2)OC1.[H+].[Na+]. The van der Waals surface area contributed by atoms with Crippen LogP contribution in [-0.4, -0.2) is 128 Å². The normalized spacial score (nSPS) is 15.6. The van der Waals surface area contributed by atoms with Crippen molar-refractivity contribution in [2.24, 2.45) is 0 Å². The van der Waals surface area contributed by atoms with Gasteiger partial charge < -0.3 is 60.7 Å². The fraction of sp³-hybridized carbons (Fsp3) is 0.804. The van der Waals surface area contributed by atoms with Gasteiger partial charge >= 0.3 is 37.0 Å². The number of aliphatic hydroxyl groups excluding tert-OH is 2. The number of ether oxygens (including phenoxy) is 8. The van der Waals surface area contributed by atoms with Crippen molar-refractivity contribution in [2.45, 2.75) is 412 Å². The van der Waals surface area contributed by atoms with Crippen molar-refractivity contribution in [1.29, 1.82) is 0 Å².